The van der Waals surface area contributed by atoms with Gasteiger partial charge in [-0.1, -0.05) is 83.3 Å². The van der Waals surface area contributed by atoms with Gasteiger partial charge in [-0.15, -0.1) is 0 Å². The number of rotatable bonds is 4. The third-order valence-electron chi connectivity index (χ3n) is 4.58. The lowest BCUT2D eigenvalue weighted by Gasteiger charge is -2.12. The zero-order chi connectivity index (χ0) is 21.3. The maximum absolute atomic E-state index is 12.9. The average Bonchev–Trinajstić information content (AvgIpc) is 2.72. The van der Waals surface area contributed by atoms with Crippen LogP contribution in [0.2, 0.25) is 15.1 Å². The molecule has 0 aliphatic rings. The summed E-state index contributed by atoms with van der Waals surface area (Å²) in [5.41, 5.74) is 0.624. The Morgan fingerprint density at radius 3 is 1.90 bits per heavy atom. The molecule has 0 aliphatic carbocycles. The van der Waals surface area contributed by atoms with Gasteiger partial charge in [-0.2, -0.15) is 0 Å². The first-order valence-corrected chi connectivity index (χ1v) is 10.1. The van der Waals surface area contributed by atoms with E-state index in [9.17, 15) is 9.59 Å². The van der Waals surface area contributed by atoms with E-state index in [2.05, 4.69) is 5.32 Å². The van der Waals surface area contributed by atoms with Crippen LogP contribution in [0.4, 0.5) is 5.69 Å². The topological polar surface area (TPSA) is 55.4 Å². The second-order valence-corrected chi connectivity index (χ2v) is 7.81. The Balaban J connectivity index is 1.59. The number of nitrogens with one attached hydrogen (secondary N) is 1. The maximum Gasteiger partial charge on any atom is 0.339 e. The highest BCUT2D eigenvalue weighted by Crippen LogP contribution is 2.34. The number of amides is 1. The van der Waals surface area contributed by atoms with Gasteiger partial charge in [-0.25, -0.2) is 4.79 Å². The van der Waals surface area contributed by atoms with Gasteiger partial charge in [-0.3, -0.25) is 4.79 Å². The van der Waals surface area contributed by atoms with Gasteiger partial charge in [0.1, 0.15) is 0 Å². The van der Waals surface area contributed by atoms with Gasteiger partial charge in [0.15, 0.2) is 6.61 Å². The molecule has 0 atom stereocenters. The first-order valence-electron chi connectivity index (χ1n) is 8.96. The largest absolute Gasteiger partial charge is 0.452 e. The van der Waals surface area contributed by atoms with Gasteiger partial charge in [0.2, 0.25) is 0 Å². The van der Waals surface area contributed by atoms with Crippen molar-refractivity contribution in [2.24, 2.45) is 0 Å². The number of hydrogen-bond donors (Lipinski definition) is 1. The molecule has 0 aliphatic heterocycles. The Bertz CT molecular complexity index is 1230. The highest BCUT2D eigenvalue weighted by atomic mass is 35.5. The van der Waals surface area contributed by atoms with E-state index in [1.807, 2.05) is 54.6 Å². The fourth-order valence-electron chi connectivity index (χ4n) is 3.27. The molecule has 150 valence electrons. The standard InChI is InChI=1S/C23H14Cl3NO3/c24-15-10-18(25)22(19(26)11-15)27-20(28)12-30-23(29)21-16-7-3-1-5-13(16)9-14-6-2-4-8-17(14)21/h1-11H,12H2,(H,27,28). The number of fused-ring (bicyclic) bond motifs is 2. The van der Waals surface area contributed by atoms with E-state index in [0.717, 1.165) is 21.5 Å². The molecule has 1 N–H and O–H groups in total. The van der Waals surface area contributed by atoms with Gasteiger partial charge in [0.25, 0.3) is 5.91 Å². The summed E-state index contributed by atoms with van der Waals surface area (Å²) in [6.07, 6.45) is 0. The molecule has 0 fully saturated rings. The van der Waals surface area contributed by atoms with Crippen LogP contribution < -0.4 is 5.32 Å². The van der Waals surface area contributed by atoms with Crippen LogP contribution in [0.1, 0.15) is 10.4 Å². The number of hydrogen-bond acceptors (Lipinski definition) is 3. The molecule has 1 amide bonds. The summed E-state index contributed by atoms with van der Waals surface area (Å²) in [7, 11) is 0. The Hall–Kier alpha value is -2.79. The molecule has 30 heavy (non-hydrogen) atoms. The molecule has 7 heteroatoms. The molecular formula is C23H14Cl3NO3. The highest BCUT2D eigenvalue weighted by Gasteiger charge is 2.18. The number of esters is 1. The third kappa shape index (κ3) is 4.08. The van der Waals surface area contributed by atoms with Crippen molar-refractivity contribution in [2.75, 3.05) is 11.9 Å². The number of carbonyl (C=O) groups is 2. The second-order valence-electron chi connectivity index (χ2n) is 6.56. The fourth-order valence-corrected chi connectivity index (χ4v) is 4.19. The Kier molecular flexibility index (Phi) is 5.82. The van der Waals surface area contributed by atoms with Crippen LogP contribution in [0.5, 0.6) is 0 Å². The molecule has 0 radical (unpaired) electrons. The summed E-state index contributed by atoms with van der Waals surface area (Å²) >= 11 is 18.0. The summed E-state index contributed by atoms with van der Waals surface area (Å²) in [6.45, 7) is -0.494. The monoisotopic (exact) mass is 457 g/mol. The van der Waals surface area contributed by atoms with Crippen molar-refractivity contribution in [3.05, 3.63) is 87.4 Å². The smallest absolute Gasteiger partial charge is 0.339 e. The molecule has 0 heterocycles. The molecule has 0 aromatic heterocycles. The summed E-state index contributed by atoms with van der Waals surface area (Å²) < 4.78 is 5.32. The molecule has 0 spiro atoms. The number of halogens is 3. The number of anilines is 1. The van der Waals surface area contributed by atoms with Crippen molar-refractivity contribution in [3.63, 3.8) is 0 Å². The maximum atomic E-state index is 12.9. The zero-order valence-corrected chi connectivity index (χ0v) is 17.7. The van der Waals surface area contributed by atoms with Crippen LogP contribution >= 0.6 is 34.8 Å². The lowest BCUT2D eigenvalue weighted by Crippen LogP contribution is -2.21. The van der Waals surface area contributed by atoms with Crippen LogP contribution in [0, 0.1) is 0 Å². The fraction of sp³-hybridized carbons (Fsp3) is 0.0435. The minimum absolute atomic E-state index is 0.187. The van der Waals surface area contributed by atoms with E-state index in [0.29, 0.717) is 10.6 Å². The van der Waals surface area contributed by atoms with Gasteiger partial charge in [0.05, 0.1) is 21.3 Å². The summed E-state index contributed by atoms with van der Waals surface area (Å²) in [6, 6.07) is 20.0. The van der Waals surface area contributed by atoms with Crippen molar-refractivity contribution in [3.8, 4) is 0 Å². The van der Waals surface area contributed by atoms with Crippen molar-refractivity contribution in [1.29, 1.82) is 0 Å². The van der Waals surface area contributed by atoms with E-state index >= 15 is 0 Å². The molecular weight excluding hydrogens is 445 g/mol. The summed E-state index contributed by atoms with van der Waals surface area (Å²) in [4.78, 5) is 25.3. The Morgan fingerprint density at radius 1 is 0.800 bits per heavy atom. The lowest BCUT2D eigenvalue weighted by atomic mass is 9.97. The average molecular weight is 459 g/mol. The van der Waals surface area contributed by atoms with E-state index in [1.165, 1.54) is 12.1 Å². The molecule has 0 saturated heterocycles. The molecule has 4 rings (SSSR count). The van der Waals surface area contributed by atoms with Crippen LogP contribution in [-0.2, 0) is 9.53 Å². The quantitative estimate of drug-likeness (QED) is 0.272. The third-order valence-corrected chi connectivity index (χ3v) is 5.40. The first kappa shape index (κ1) is 20.5. The summed E-state index contributed by atoms with van der Waals surface area (Å²) in [5.74, 6) is -1.16. The van der Waals surface area contributed by atoms with Crippen molar-refractivity contribution >= 4 is 73.9 Å². The number of benzene rings is 4. The minimum Gasteiger partial charge on any atom is -0.452 e. The van der Waals surface area contributed by atoms with Gasteiger partial charge in [-0.05, 0) is 39.7 Å². The summed E-state index contributed by atoms with van der Waals surface area (Å²) in [5, 5.41) is 6.60. The highest BCUT2D eigenvalue weighted by molar-refractivity contribution is 6.42. The van der Waals surface area contributed by atoms with Gasteiger partial charge in [0, 0.05) is 5.02 Å². The molecule has 4 aromatic rings. The Morgan fingerprint density at radius 2 is 1.33 bits per heavy atom. The molecule has 0 unspecified atom stereocenters. The van der Waals surface area contributed by atoms with E-state index < -0.39 is 18.5 Å². The van der Waals surface area contributed by atoms with Gasteiger partial charge >= 0.3 is 5.97 Å². The normalized spacial score (nSPS) is 10.9. The molecule has 4 nitrogen and oxygen atoms in total. The van der Waals surface area contributed by atoms with Gasteiger partial charge < -0.3 is 10.1 Å². The Labute approximate surface area is 187 Å². The van der Waals surface area contributed by atoms with E-state index in [-0.39, 0.29) is 15.7 Å². The predicted molar refractivity (Wildman–Crippen MR) is 122 cm³/mol. The van der Waals surface area contributed by atoms with Crippen LogP contribution in [0.3, 0.4) is 0 Å². The van der Waals surface area contributed by atoms with Crippen LogP contribution in [0.25, 0.3) is 21.5 Å². The van der Waals surface area contributed by atoms with Crippen LogP contribution in [-0.4, -0.2) is 18.5 Å². The van der Waals surface area contributed by atoms with Crippen LogP contribution in [0.15, 0.2) is 66.7 Å². The number of ether oxygens (including phenoxy) is 1. The zero-order valence-electron chi connectivity index (χ0n) is 15.4. The molecule has 0 bridgehead atoms. The van der Waals surface area contributed by atoms with E-state index in [4.69, 9.17) is 39.5 Å². The molecule has 4 aromatic carbocycles. The first-order chi connectivity index (χ1) is 14.4. The number of carbonyl (C=O) groups excluding carboxylic acids is 2. The van der Waals surface area contributed by atoms with Crippen molar-refractivity contribution < 1.29 is 14.3 Å². The molecule has 0 saturated carbocycles. The predicted octanol–water partition coefficient (Wildman–Crippen LogP) is 6.75. The van der Waals surface area contributed by atoms with Crippen molar-refractivity contribution in [1.82, 2.24) is 0 Å². The lowest BCUT2D eigenvalue weighted by molar-refractivity contribution is -0.119. The van der Waals surface area contributed by atoms with E-state index in [1.54, 1.807) is 0 Å². The SMILES string of the molecule is O=C(COC(=O)c1c2ccccc2cc2ccccc12)Nc1c(Cl)cc(Cl)cc1Cl. The van der Waals surface area contributed by atoms with Crippen molar-refractivity contribution in [2.45, 2.75) is 0 Å². The minimum atomic E-state index is -0.591. The second kappa shape index (κ2) is 8.52.